The molecule has 1 aromatic heterocycles. The molecule has 0 fully saturated rings. The molecule has 0 aliphatic heterocycles. The third-order valence-corrected chi connectivity index (χ3v) is 2.68. The Hall–Kier alpha value is -1.88. The predicted molar refractivity (Wildman–Crippen MR) is 62.2 cm³/mol. The first-order valence-corrected chi connectivity index (χ1v) is 5.20. The molecule has 0 aliphatic rings. The lowest BCUT2D eigenvalue weighted by Crippen LogP contribution is -2.18. The van der Waals surface area contributed by atoms with Crippen LogP contribution < -0.4 is 10.5 Å². The van der Waals surface area contributed by atoms with E-state index in [1.54, 1.807) is 29.1 Å². The van der Waals surface area contributed by atoms with Crippen LogP contribution in [0.3, 0.4) is 0 Å². The van der Waals surface area contributed by atoms with Gasteiger partial charge in [-0.2, -0.15) is 0 Å². The highest BCUT2D eigenvalue weighted by Gasteiger charge is 2.21. The highest BCUT2D eigenvalue weighted by Crippen LogP contribution is 2.29. The molecular weight excluding hydrogens is 221 g/mol. The SMILES string of the molecule is COc1cccc(F)c1C(N)c1nccn1C. The van der Waals surface area contributed by atoms with Gasteiger partial charge in [0.15, 0.2) is 0 Å². The van der Waals surface area contributed by atoms with E-state index in [-0.39, 0.29) is 5.82 Å². The van der Waals surface area contributed by atoms with Gasteiger partial charge in [0.1, 0.15) is 17.4 Å². The Morgan fingerprint density at radius 1 is 1.47 bits per heavy atom. The van der Waals surface area contributed by atoms with E-state index in [1.165, 1.54) is 13.2 Å². The van der Waals surface area contributed by atoms with Crippen LogP contribution in [0.1, 0.15) is 17.4 Å². The van der Waals surface area contributed by atoms with E-state index in [4.69, 9.17) is 10.5 Å². The lowest BCUT2D eigenvalue weighted by molar-refractivity contribution is 0.400. The lowest BCUT2D eigenvalue weighted by Gasteiger charge is -2.16. The Bertz CT molecular complexity index is 524. The van der Waals surface area contributed by atoms with Gasteiger partial charge < -0.3 is 15.0 Å². The van der Waals surface area contributed by atoms with Crippen LogP contribution in [0.4, 0.5) is 4.39 Å². The summed E-state index contributed by atoms with van der Waals surface area (Å²) in [6.07, 6.45) is 3.39. The van der Waals surface area contributed by atoms with E-state index in [1.807, 2.05) is 7.05 Å². The van der Waals surface area contributed by atoms with Gasteiger partial charge in [-0.3, -0.25) is 0 Å². The van der Waals surface area contributed by atoms with Crippen molar-refractivity contribution in [1.29, 1.82) is 0 Å². The Labute approximate surface area is 98.8 Å². The van der Waals surface area contributed by atoms with Gasteiger partial charge in [-0.25, -0.2) is 9.37 Å². The Balaban J connectivity index is 2.50. The highest BCUT2D eigenvalue weighted by atomic mass is 19.1. The number of rotatable bonds is 3. The van der Waals surface area contributed by atoms with Crippen LogP contribution in [0.2, 0.25) is 0 Å². The van der Waals surface area contributed by atoms with Crippen LogP contribution in [0.5, 0.6) is 5.75 Å². The van der Waals surface area contributed by atoms with E-state index in [0.29, 0.717) is 17.1 Å². The second-order valence-electron chi connectivity index (χ2n) is 3.73. The van der Waals surface area contributed by atoms with E-state index < -0.39 is 6.04 Å². The minimum Gasteiger partial charge on any atom is -0.496 e. The number of methoxy groups -OCH3 is 1. The van der Waals surface area contributed by atoms with Crippen molar-refractivity contribution in [3.63, 3.8) is 0 Å². The second-order valence-corrected chi connectivity index (χ2v) is 3.73. The lowest BCUT2D eigenvalue weighted by atomic mass is 10.1. The number of benzene rings is 1. The molecule has 2 rings (SSSR count). The summed E-state index contributed by atoms with van der Waals surface area (Å²) in [5, 5.41) is 0. The molecule has 0 amide bonds. The van der Waals surface area contributed by atoms with Gasteiger partial charge in [-0.1, -0.05) is 6.07 Å². The topological polar surface area (TPSA) is 53.1 Å². The third kappa shape index (κ3) is 2.01. The fraction of sp³-hybridized carbons (Fsp3) is 0.250. The molecule has 1 unspecified atom stereocenters. The first kappa shape index (κ1) is 11.6. The summed E-state index contributed by atoms with van der Waals surface area (Å²) < 4.78 is 20.7. The van der Waals surface area contributed by atoms with Gasteiger partial charge in [-0.05, 0) is 12.1 Å². The van der Waals surface area contributed by atoms with E-state index in [9.17, 15) is 4.39 Å². The fourth-order valence-electron chi connectivity index (χ4n) is 1.80. The number of nitrogens with zero attached hydrogens (tertiary/aromatic N) is 2. The van der Waals surface area contributed by atoms with Crippen LogP contribution in [0.25, 0.3) is 0 Å². The van der Waals surface area contributed by atoms with Gasteiger partial charge in [-0.15, -0.1) is 0 Å². The summed E-state index contributed by atoms with van der Waals surface area (Å²) >= 11 is 0. The summed E-state index contributed by atoms with van der Waals surface area (Å²) in [4.78, 5) is 4.12. The Morgan fingerprint density at radius 2 is 2.24 bits per heavy atom. The number of hydrogen-bond acceptors (Lipinski definition) is 3. The third-order valence-electron chi connectivity index (χ3n) is 2.68. The first-order valence-electron chi connectivity index (χ1n) is 5.20. The van der Waals surface area contributed by atoms with Crippen LogP contribution >= 0.6 is 0 Å². The molecule has 0 saturated carbocycles. The predicted octanol–water partition coefficient (Wildman–Crippen LogP) is 1.62. The number of nitrogens with two attached hydrogens (primary N) is 1. The molecule has 0 spiro atoms. The van der Waals surface area contributed by atoms with Gasteiger partial charge in [0.05, 0.1) is 18.7 Å². The molecule has 17 heavy (non-hydrogen) atoms. The van der Waals surface area contributed by atoms with Crippen molar-refractivity contribution >= 4 is 0 Å². The number of aryl methyl sites for hydroxylation is 1. The maximum absolute atomic E-state index is 13.8. The normalized spacial score (nSPS) is 12.5. The van der Waals surface area contributed by atoms with Crippen LogP contribution in [-0.2, 0) is 7.05 Å². The highest BCUT2D eigenvalue weighted by molar-refractivity contribution is 5.39. The second kappa shape index (κ2) is 4.55. The average molecular weight is 235 g/mol. The Kier molecular flexibility index (Phi) is 3.10. The molecule has 1 aromatic carbocycles. The van der Waals surface area contributed by atoms with Crippen molar-refractivity contribution in [3.05, 3.63) is 47.8 Å². The molecule has 0 saturated heterocycles. The maximum atomic E-state index is 13.8. The summed E-state index contributed by atoms with van der Waals surface area (Å²) in [5.41, 5.74) is 6.36. The molecule has 5 heteroatoms. The number of halogens is 1. The Morgan fingerprint density at radius 3 is 2.82 bits per heavy atom. The smallest absolute Gasteiger partial charge is 0.132 e. The largest absolute Gasteiger partial charge is 0.496 e. The van der Waals surface area contributed by atoms with E-state index >= 15 is 0 Å². The van der Waals surface area contributed by atoms with Gasteiger partial charge in [0.2, 0.25) is 0 Å². The van der Waals surface area contributed by atoms with Crippen LogP contribution in [0.15, 0.2) is 30.6 Å². The monoisotopic (exact) mass is 235 g/mol. The number of imidazole rings is 1. The van der Waals surface area contributed by atoms with Gasteiger partial charge in [0, 0.05) is 19.4 Å². The summed E-state index contributed by atoms with van der Waals surface area (Å²) in [6, 6.07) is 3.98. The molecule has 1 atom stereocenters. The van der Waals surface area contributed by atoms with Crippen LogP contribution in [-0.4, -0.2) is 16.7 Å². The van der Waals surface area contributed by atoms with Crippen molar-refractivity contribution in [2.75, 3.05) is 7.11 Å². The number of hydrogen-bond donors (Lipinski definition) is 1. The van der Waals surface area contributed by atoms with Crippen molar-refractivity contribution < 1.29 is 9.13 Å². The maximum Gasteiger partial charge on any atom is 0.132 e. The molecule has 0 radical (unpaired) electrons. The summed E-state index contributed by atoms with van der Waals surface area (Å²) in [7, 11) is 3.30. The zero-order chi connectivity index (χ0) is 12.4. The standard InChI is InChI=1S/C12H14FN3O/c1-16-7-6-15-12(16)11(14)10-8(13)4-3-5-9(10)17-2/h3-7,11H,14H2,1-2H3. The van der Waals surface area contributed by atoms with Crippen molar-refractivity contribution in [1.82, 2.24) is 9.55 Å². The van der Waals surface area contributed by atoms with E-state index in [2.05, 4.69) is 4.98 Å². The summed E-state index contributed by atoms with van der Waals surface area (Å²) in [5.74, 6) is 0.633. The first-order chi connectivity index (χ1) is 8.15. The molecule has 0 aliphatic carbocycles. The molecule has 90 valence electrons. The molecular formula is C12H14FN3O. The zero-order valence-electron chi connectivity index (χ0n) is 9.72. The van der Waals surface area contributed by atoms with E-state index in [0.717, 1.165) is 0 Å². The quantitative estimate of drug-likeness (QED) is 0.879. The number of ether oxygens (including phenoxy) is 1. The van der Waals surface area contributed by atoms with Crippen molar-refractivity contribution in [3.8, 4) is 5.75 Å². The van der Waals surface area contributed by atoms with Crippen LogP contribution in [0, 0.1) is 5.82 Å². The minimum atomic E-state index is -0.647. The fourth-order valence-corrected chi connectivity index (χ4v) is 1.80. The molecule has 0 bridgehead atoms. The van der Waals surface area contributed by atoms with Gasteiger partial charge >= 0.3 is 0 Å². The molecule has 1 heterocycles. The number of aromatic nitrogens is 2. The van der Waals surface area contributed by atoms with Crippen molar-refractivity contribution in [2.45, 2.75) is 6.04 Å². The van der Waals surface area contributed by atoms with Crippen molar-refractivity contribution in [2.24, 2.45) is 12.8 Å². The van der Waals surface area contributed by atoms with Gasteiger partial charge in [0.25, 0.3) is 0 Å². The molecule has 2 aromatic rings. The molecule has 2 N–H and O–H groups in total. The average Bonchev–Trinajstić information content (AvgIpc) is 2.74. The zero-order valence-corrected chi connectivity index (χ0v) is 9.72. The summed E-state index contributed by atoms with van der Waals surface area (Å²) in [6.45, 7) is 0. The minimum absolute atomic E-state index is 0.323. The molecule has 4 nitrogen and oxygen atoms in total.